The molecule has 0 aliphatic carbocycles. The first kappa shape index (κ1) is 15.4. The molecule has 1 aromatic carbocycles. The number of rotatable bonds is 6. The Labute approximate surface area is 130 Å². The predicted molar refractivity (Wildman–Crippen MR) is 86.3 cm³/mol. The van der Waals surface area contributed by atoms with Crippen molar-refractivity contribution in [3.05, 3.63) is 42.2 Å². The van der Waals surface area contributed by atoms with E-state index in [0.29, 0.717) is 5.17 Å². The fourth-order valence-corrected chi connectivity index (χ4v) is 1.97. The van der Waals surface area contributed by atoms with Gasteiger partial charge in [-0.25, -0.2) is 0 Å². The number of benzene rings is 1. The van der Waals surface area contributed by atoms with Crippen molar-refractivity contribution in [2.75, 3.05) is 14.1 Å². The minimum absolute atomic E-state index is 0.468. The van der Waals surface area contributed by atoms with E-state index in [1.165, 1.54) is 5.56 Å². The van der Waals surface area contributed by atoms with Crippen LogP contribution in [0.2, 0.25) is 0 Å². The van der Waals surface area contributed by atoms with Crippen molar-refractivity contribution in [2.24, 2.45) is 0 Å². The molecule has 112 valence electrons. The highest BCUT2D eigenvalue weighted by atomic mass is 32.1. The average Bonchev–Trinajstić information content (AvgIpc) is 2.98. The standard InChI is InChI=1S/C15H20N4OS/c1-18(2)15(21)20-14-8-6-13(7-9-14)5-3-4-11-19-12-10-16-17-19/h6-10,12H,3-5,11H2,1-2H3. The van der Waals surface area contributed by atoms with Gasteiger partial charge in [-0.05, 0) is 49.2 Å². The lowest BCUT2D eigenvalue weighted by molar-refractivity contribution is 0.449. The van der Waals surface area contributed by atoms with Crippen LogP contribution in [0.15, 0.2) is 36.7 Å². The summed E-state index contributed by atoms with van der Waals surface area (Å²) in [5.74, 6) is 0.778. The lowest BCUT2D eigenvalue weighted by Gasteiger charge is -2.14. The molecule has 0 saturated heterocycles. The number of hydrogen-bond acceptors (Lipinski definition) is 4. The van der Waals surface area contributed by atoms with E-state index >= 15 is 0 Å². The molecule has 6 heteroatoms. The Morgan fingerprint density at radius 2 is 2.00 bits per heavy atom. The van der Waals surface area contributed by atoms with Gasteiger partial charge >= 0.3 is 0 Å². The summed E-state index contributed by atoms with van der Waals surface area (Å²) >= 11 is 5.11. The van der Waals surface area contributed by atoms with Gasteiger partial charge in [0.15, 0.2) is 0 Å². The number of nitrogens with zero attached hydrogens (tertiary/aromatic N) is 4. The van der Waals surface area contributed by atoms with E-state index in [2.05, 4.69) is 22.4 Å². The average molecular weight is 304 g/mol. The lowest BCUT2D eigenvalue weighted by atomic mass is 10.1. The number of unbranched alkanes of at least 4 members (excludes halogenated alkanes) is 1. The van der Waals surface area contributed by atoms with Gasteiger partial charge in [0.1, 0.15) is 5.75 Å². The third-order valence-corrected chi connectivity index (χ3v) is 3.52. The minimum Gasteiger partial charge on any atom is -0.432 e. The number of thiocarbonyl (C=S) groups is 1. The van der Waals surface area contributed by atoms with Crippen molar-refractivity contribution < 1.29 is 4.74 Å². The van der Waals surface area contributed by atoms with Gasteiger partial charge in [-0.2, -0.15) is 0 Å². The fourth-order valence-electron chi connectivity index (χ4n) is 1.87. The van der Waals surface area contributed by atoms with Gasteiger partial charge in [-0.1, -0.05) is 17.3 Å². The Morgan fingerprint density at radius 1 is 1.24 bits per heavy atom. The maximum Gasteiger partial charge on any atom is 0.264 e. The maximum absolute atomic E-state index is 5.54. The van der Waals surface area contributed by atoms with Crippen molar-refractivity contribution in [3.8, 4) is 5.75 Å². The van der Waals surface area contributed by atoms with Gasteiger partial charge in [0.2, 0.25) is 0 Å². The molecule has 1 aromatic heterocycles. The van der Waals surface area contributed by atoms with E-state index in [-0.39, 0.29) is 0 Å². The van der Waals surface area contributed by atoms with Crippen LogP contribution in [-0.4, -0.2) is 39.2 Å². The second kappa shape index (κ2) is 7.73. The summed E-state index contributed by atoms with van der Waals surface area (Å²) < 4.78 is 7.40. The van der Waals surface area contributed by atoms with Crippen LogP contribution in [0.25, 0.3) is 0 Å². The highest BCUT2D eigenvalue weighted by molar-refractivity contribution is 7.80. The largest absolute Gasteiger partial charge is 0.432 e. The van der Waals surface area contributed by atoms with Crippen LogP contribution in [0.5, 0.6) is 5.75 Å². The van der Waals surface area contributed by atoms with E-state index in [1.54, 1.807) is 11.1 Å². The molecule has 2 aromatic rings. The van der Waals surface area contributed by atoms with Crippen LogP contribution in [0.3, 0.4) is 0 Å². The Hall–Kier alpha value is -1.95. The van der Waals surface area contributed by atoms with Crippen molar-refractivity contribution in [2.45, 2.75) is 25.8 Å². The molecule has 0 fully saturated rings. The molecule has 0 saturated carbocycles. The molecule has 1 heterocycles. The summed E-state index contributed by atoms with van der Waals surface area (Å²) in [5.41, 5.74) is 1.30. The molecule has 0 atom stereocenters. The van der Waals surface area contributed by atoms with Crippen molar-refractivity contribution in [1.82, 2.24) is 19.9 Å². The van der Waals surface area contributed by atoms with Crippen LogP contribution in [0.4, 0.5) is 0 Å². The molecule has 0 N–H and O–H groups in total. The Bertz CT molecular complexity index is 552. The molecule has 0 bridgehead atoms. The third-order valence-electron chi connectivity index (χ3n) is 3.07. The highest BCUT2D eigenvalue weighted by Gasteiger charge is 2.02. The number of hydrogen-bond donors (Lipinski definition) is 0. The van der Waals surface area contributed by atoms with Crippen molar-refractivity contribution in [3.63, 3.8) is 0 Å². The smallest absolute Gasteiger partial charge is 0.264 e. The van der Waals surface area contributed by atoms with Crippen LogP contribution in [-0.2, 0) is 13.0 Å². The first-order valence-corrected chi connectivity index (χ1v) is 7.38. The molecule has 5 nitrogen and oxygen atoms in total. The summed E-state index contributed by atoms with van der Waals surface area (Å²) in [4.78, 5) is 1.77. The minimum atomic E-state index is 0.468. The van der Waals surface area contributed by atoms with Gasteiger partial charge in [0, 0.05) is 26.8 Å². The summed E-state index contributed by atoms with van der Waals surface area (Å²) in [5, 5.41) is 8.21. The quantitative estimate of drug-likeness (QED) is 0.606. The molecule has 21 heavy (non-hydrogen) atoms. The number of aromatic nitrogens is 3. The first-order valence-electron chi connectivity index (χ1n) is 6.97. The van der Waals surface area contributed by atoms with Gasteiger partial charge in [0.25, 0.3) is 5.17 Å². The summed E-state index contributed by atoms with van der Waals surface area (Å²) in [7, 11) is 3.73. The number of ether oxygens (including phenoxy) is 1. The van der Waals surface area contributed by atoms with Gasteiger partial charge in [0.05, 0.1) is 6.20 Å². The summed E-state index contributed by atoms with van der Waals surface area (Å²) in [6.45, 7) is 0.915. The van der Waals surface area contributed by atoms with Crippen LogP contribution < -0.4 is 4.74 Å². The van der Waals surface area contributed by atoms with Crippen LogP contribution >= 0.6 is 12.2 Å². The molecule has 0 amide bonds. The highest BCUT2D eigenvalue weighted by Crippen LogP contribution is 2.15. The van der Waals surface area contributed by atoms with Crippen LogP contribution in [0.1, 0.15) is 18.4 Å². The normalized spacial score (nSPS) is 10.4. The van der Waals surface area contributed by atoms with Gasteiger partial charge in [-0.3, -0.25) is 4.68 Å². The van der Waals surface area contributed by atoms with E-state index in [1.807, 2.05) is 37.1 Å². The third kappa shape index (κ3) is 5.15. The molecule has 2 rings (SSSR count). The SMILES string of the molecule is CN(C)C(=S)Oc1ccc(CCCCn2ccnn2)cc1. The monoisotopic (exact) mass is 304 g/mol. The van der Waals surface area contributed by atoms with E-state index in [4.69, 9.17) is 17.0 Å². The lowest BCUT2D eigenvalue weighted by Crippen LogP contribution is -2.24. The maximum atomic E-state index is 5.54. The molecule has 0 aliphatic heterocycles. The van der Waals surface area contributed by atoms with Crippen molar-refractivity contribution >= 4 is 17.4 Å². The summed E-state index contributed by atoms with van der Waals surface area (Å²) in [6, 6.07) is 8.09. The molecule has 0 aliphatic rings. The fraction of sp³-hybridized carbons (Fsp3) is 0.400. The Kier molecular flexibility index (Phi) is 5.68. The zero-order valence-corrected chi connectivity index (χ0v) is 13.2. The first-order chi connectivity index (χ1) is 10.1. The number of aryl methyl sites for hydroxylation is 2. The van der Waals surface area contributed by atoms with Gasteiger partial charge < -0.3 is 9.64 Å². The second-order valence-corrected chi connectivity index (χ2v) is 5.38. The Balaban J connectivity index is 1.73. The molecular weight excluding hydrogens is 284 g/mol. The molecule has 0 radical (unpaired) electrons. The molecule has 0 spiro atoms. The van der Waals surface area contributed by atoms with E-state index < -0.39 is 0 Å². The van der Waals surface area contributed by atoms with E-state index in [0.717, 1.165) is 31.6 Å². The molecular formula is C15H20N4OS. The molecule has 0 unspecified atom stereocenters. The zero-order valence-electron chi connectivity index (χ0n) is 12.4. The van der Waals surface area contributed by atoms with Crippen LogP contribution in [0, 0.1) is 0 Å². The zero-order chi connectivity index (χ0) is 15.1. The second-order valence-electron chi connectivity index (χ2n) is 5.03. The van der Waals surface area contributed by atoms with Crippen molar-refractivity contribution in [1.29, 1.82) is 0 Å². The summed E-state index contributed by atoms with van der Waals surface area (Å²) in [6.07, 6.45) is 6.85. The topological polar surface area (TPSA) is 43.2 Å². The van der Waals surface area contributed by atoms with Gasteiger partial charge in [-0.15, -0.1) is 5.10 Å². The predicted octanol–water partition coefficient (Wildman–Crippen LogP) is 2.53. The Morgan fingerprint density at radius 3 is 2.62 bits per heavy atom. The van der Waals surface area contributed by atoms with E-state index in [9.17, 15) is 0 Å².